The first-order valence-corrected chi connectivity index (χ1v) is 5.51. The molecule has 1 aromatic carbocycles. The number of hydrogen-bond donors (Lipinski definition) is 1. The molecule has 0 radical (unpaired) electrons. The molecule has 1 atom stereocenters. The van der Waals surface area contributed by atoms with Crippen molar-refractivity contribution >= 4 is 28.4 Å². The first-order valence-electron chi connectivity index (χ1n) is 4.75. The molecule has 1 N–H and O–H groups in total. The maximum Gasteiger partial charge on any atom is 0.253 e. The predicted molar refractivity (Wildman–Crippen MR) is 61.9 cm³/mol. The monoisotopic (exact) mass is 275 g/mol. The Labute approximate surface area is 107 Å². The molecular weight excluding hydrogens is 268 g/mol. The Bertz CT molecular complexity index is 498. The van der Waals surface area contributed by atoms with Crippen LogP contribution in [0.5, 0.6) is 0 Å². The topological polar surface area (TPSA) is 38.3 Å². The van der Waals surface area contributed by atoms with Crippen LogP contribution in [0.15, 0.2) is 30.0 Å². The quantitative estimate of drug-likeness (QED) is 0.844. The molecule has 0 aromatic heterocycles. The van der Waals surface area contributed by atoms with Gasteiger partial charge >= 0.3 is 0 Å². The molecule has 3 nitrogen and oxygen atoms in total. The number of halogens is 3. The summed E-state index contributed by atoms with van der Waals surface area (Å²) >= 11 is 11.4. The van der Waals surface area contributed by atoms with E-state index in [0.717, 1.165) is 0 Å². The number of carbonyl (C=O) groups excluding carboxylic acids is 1. The van der Waals surface area contributed by atoms with Crippen molar-refractivity contribution < 1.29 is 14.0 Å². The molecule has 1 aliphatic heterocycles. The summed E-state index contributed by atoms with van der Waals surface area (Å²) in [6.45, 7) is 1.61. The highest BCUT2D eigenvalue weighted by atomic mass is 35.5. The van der Waals surface area contributed by atoms with Gasteiger partial charge in [-0.15, -0.1) is 5.48 Å². The van der Waals surface area contributed by atoms with Gasteiger partial charge in [0, 0.05) is 10.6 Å². The minimum atomic E-state index is -1.58. The largest absolute Gasteiger partial charge is 0.412 e. The minimum absolute atomic E-state index is 0.0430. The molecule has 0 saturated carbocycles. The third-order valence-corrected chi connectivity index (χ3v) is 3.07. The number of carbonyl (C=O) groups is 1. The Morgan fingerprint density at radius 1 is 1.53 bits per heavy atom. The number of rotatable bonds is 2. The second kappa shape index (κ2) is 4.29. The highest BCUT2D eigenvalue weighted by molar-refractivity contribution is 6.66. The lowest BCUT2D eigenvalue weighted by atomic mass is 9.91. The maximum atomic E-state index is 13.8. The lowest BCUT2D eigenvalue weighted by Crippen LogP contribution is -2.42. The SMILES string of the molecule is CC1=CC(C(=O)Cl)(c2c(F)cccc2Cl)NO1. The van der Waals surface area contributed by atoms with Gasteiger partial charge in [0.25, 0.3) is 5.24 Å². The molecular formula is C11H8Cl2FNO2. The fourth-order valence-corrected chi connectivity index (χ4v) is 2.22. The zero-order chi connectivity index (χ0) is 12.6. The van der Waals surface area contributed by atoms with Crippen molar-refractivity contribution in [1.29, 1.82) is 0 Å². The highest BCUT2D eigenvalue weighted by Gasteiger charge is 2.45. The maximum absolute atomic E-state index is 13.8. The summed E-state index contributed by atoms with van der Waals surface area (Å²) in [7, 11) is 0. The number of hydroxylamine groups is 1. The zero-order valence-electron chi connectivity index (χ0n) is 8.76. The van der Waals surface area contributed by atoms with Gasteiger partial charge in [0.2, 0.25) is 0 Å². The van der Waals surface area contributed by atoms with Crippen LogP contribution in [0, 0.1) is 5.82 Å². The molecule has 1 aliphatic rings. The lowest BCUT2D eigenvalue weighted by molar-refractivity contribution is -0.119. The van der Waals surface area contributed by atoms with Gasteiger partial charge < -0.3 is 4.84 Å². The van der Waals surface area contributed by atoms with Crippen LogP contribution in [0.4, 0.5) is 4.39 Å². The van der Waals surface area contributed by atoms with Gasteiger partial charge in [-0.1, -0.05) is 17.7 Å². The average molecular weight is 276 g/mol. The van der Waals surface area contributed by atoms with Crippen molar-refractivity contribution in [2.45, 2.75) is 12.5 Å². The second-order valence-electron chi connectivity index (χ2n) is 3.64. The standard InChI is InChI=1S/C11H8Cl2FNO2/c1-6-5-11(10(13)16,15-17-6)9-7(12)3-2-4-8(9)14/h2-5,15H,1H3. The smallest absolute Gasteiger partial charge is 0.253 e. The molecule has 2 rings (SSSR count). The van der Waals surface area contributed by atoms with Crippen LogP contribution in [-0.4, -0.2) is 5.24 Å². The van der Waals surface area contributed by atoms with E-state index < -0.39 is 16.6 Å². The summed E-state index contributed by atoms with van der Waals surface area (Å²) in [5.74, 6) is -0.216. The highest BCUT2D eigenvalue weighted by Crippen LogP contribution is 2.37. The van der Waals surface area contributed by atoms with Gasteiger partial charge in [0.05, 0.1) is 0 Å². The molecule has 0 fully saturated rings. The van der Waals surface area contributed by atoms with Crippen LogP contribution in [0.2, 0.25) is 5.02 Å². The third kappa shape index (κ3) is 1.92. The fraction of sp³-hybridized carbons (Fsp3) is 0.182. The van der Waals surface area contributed by atoms with E-state index in [-0.39, 0.29) is 10.6 Å². The summed E-state index contributed by atoms with van der Waals surface area (Å²) < 4.78 is 13.8. The summed E-state index contributed by atoms with van der Waals surface area (Å²) in [5, 5.41) is -0.720. The molecule has 0 saturated heterocycles. The number of hydrogen-bond acceptors (Lipinski definition) is 3. The van der Waals surface area contributed by atoms with Crippen molar-refractivity contribution in [3.05, 3.63) is 46.4 Å². The van der Waals surface area contributed by atoms with Crippen LogP contribution in [0.3, 0.4) is 0 Å². The third-order valence-electron chi connectivity index (χ3n) is 2.46. The summed E-state index contributed by atoms with van der Waals surface area (Å²) in [6.07, 6.45) is 1.40. The Morgan fingerprint density at radius 3 is 2.71 bits per heavy atom. The van der Waals surface area contributed by atoms with Crippen LogP contribution in [-0.2, 0) is 15.2 Å². The predicted octanol–water partition coefficient (Wildman–Crippen LogP) is 2.88. The van der Waals surface area contributed by atoms with E-state index in [1.54, 1.807) is 6.92 Å². The molecule has 1 heterocycles. The van der Waals surface area contributed by atoms with E-state index >= 15 is 0 Å². The summed E-state index contributed by atoms with van der Waals surface area (Å²) in [4.78, 5) is 16.5. The molecule has 1 aromatic rings. The molecule has 6 heteroatoms. The first-order chi connectivity index (χ1) is 7.97. The van der Waals surface area contributed by atoms with Gasteiger partial charge in [-0.3, -0.25) is 4.79 Å². The Kier molecular flexibility index (Phi) is 3.12. The van der Waals surface area contributed by atoms with Crippen LogP contribution in [0.1, 0.15) is 12.5 Å². The van der Waals surface area contributed by atoms with Crippen molar-refractivity contribution in [3.8, 4) is 0 Å². The average Bonchev–Trinajstić information content (AvgIpc) is 2.61. The molecule has 0 spiro atoms. The molecule has 17 heavy (non-hydrogen) atoms. The van der Waals surface area contributed by atoms with Crippen LogP contribution < -0.4 is 5.48 Å². The van der Waals surface area contributed by atoms with E-state index in [1.807, 2.05) is 0 Å². The summed E-state index contributed by atoms with van der Waals surface area (Å²) in [6, 6.07) is 4.12. The van der Waals surface area contributed by atoms with Crippen molar-refractivity contribution in [3.63, 3.8) is 0 Å². The van der Waals surface area contributed by atoms with Gasteiger partial charge in [0.1, 0.15) is 11.6 Å². The summed E-state index contributed by atoms with van der Waals surface area (Å²) in [5.41, 5.74) is 0.800. The van der Waals surface area contributed by atoms with Crippen LogP contribution in [0.25, 0.3) is 0 Å². The Hall–Kier alpha value is -1.10. The zero-order valence-corrected chi connectivity index (χ0v) is 10.3. The molecule has 0 amide bonds. The first kappa shape index (κ1) is 12.4. The molecule has 1 unspecified atom stereocenters. The lowest BCUT2D eigenvalue weighted by Gasteiger charge is -2.23. The fourth-order valence-electron chi connectivity index (χ4n) is 1.72. The molecule has 90 valence electrons. The van der Waals surface area contributed by atoms with Crippen molar-refractivity contribution in [2.75, 3.05) is 0 Å². The molecule has 0 bridgehead atoms. The van der Waals surface area contributed by atoms with E-state index in [0.29, 0.717) is 5.76 Å². The van der Waals surface area contributed by atoms with E-state index in [9.17, 15) is 9.18 Å². The van der Waals surface area contributed by atoms with Crippen molar-refractivity contribution in [2.24, 2.45) is 0 Å². The molecule has 0 aliphatic carbocycles. The second-order valence-corrected chi connectivity index (χ2v) is 4.39. The van der Waals surface area contributed by atoms with E-state index in [1.165, 1.54) is 24.3 Å². The Balaban J connectivity index is 2.67. The normalized spacial score (nSPS) is 23.2. The number of allylic oxidation sites excluding steroid dienone is 1. The van der Waals surface area contributed by atoms with Gasteiger partial charge in [-0.05, 0) is 36.7 Å². The van der Waals surface area contributed by atoms with E-state index in [4.69, 9.17) is 28.0 Å². The van der Waals surface area contributed by atoms with Crippen molar-refractivity contribution in [1.82, 2.24) is 5.48 Å². The van der Waals surface area contributed by atoms with Gasteiger partial charge in [-0.2, -0.15) is 0 Å². The number of benzene rings is 1. The van der Waals surface area contributed by atoms with Gasteiger partial charge in [0.15, 0.2) is 5.54 Å². The van der Waals surface area contributed by atoms with Crippen LogP contribution >= 0.6 is 23.2 Å². The van der Waals surface area contributed by atoms with E-state index in [2.05, 4.69) is 5.48 Å². The number of nitrogens with one attached hydrogen (secondary N) is 1. The minimum Gasteiger partial charge on any atom is -0.412 e. The van der Waals surface area contributed by atoms with Gasteiger partial charge in [-0.25, -0.2) is 4.39 Å². The Morgan fingerprint density at radius 2 is 2.24 bits per heavy atom.